The molecule has 2 atom stereocenters. The normalized spacial score (nSPS) is 25.7. The van der Waals surface area contributed by atoms with Gasteiger partial charge in [0, 0.05) is 50.7 Å². The van der Waals surface area contributed by atoms with Crippen LogP contribution in [0.2, 0.25) is 0 Å². The molecule has 2 aromatic rings. The summed E-state index contributed by atoms with van der Waals surface area (Å²) in [5.74, 6) is -0.635. The molecule has 26 heavy (non-hydrogen) atoms. The monoisotopic (exact) mass is 355 g/mol. The molecule has 0 aliphatic carbocycles. The van der Waals surface area contributed by atoms with Crippen LogP contribution in [0, 0.1) is 0 Å². The van der Waals surface area contributed by atoms with Crippen LogP contribution in [-0.2, 0) is 16.6 Å². The van der Waals surface area contributed by atoms with Gasteiger partial charge in [-0.3, -0.25) is 14.2 Å². The van der Waals surface area contributed by atoms with Gasteiger partial charge in [-0.2, -0.15) is 9.69 Å². The third-order valence-electron chi connectivity index (χ3n) is 5.76. The lowest BCUT2D eigenvalue weighted by Gasteiger charge is -2.49. The Morgan fingerprint density at radius 1 is 1.00 bits per heavy atom. The molecule has 1 N–H and O–H groups in total. The molecular formula is C18H21N5O3. The zero-order valence-corrected chi connectivity index (χ0v) is 14.6. The van der Waals surface area contributed by atoms with Gasteiger partial charge >= 0.3 is 5.69 Å². The van der Waals surface area contributed by atoms with Crippen molar-refractivity contribution in [1.29, 1.82) is 0 Å². The van der Waals surface area contributed by atoms with E-state index in [2.05, 4.69) is 10.2 Å². The number of nitrogens with zero attached hydrogens (tertiary/aromatic N) is 4. The molecule has 0 radical (unpaired) electrons. The Balaban J connectivity index is 1.60. The summed E-state index contributed by atoms with van der Waals surface area (Å²) < 4.78 is 2.75. The first-order valence-electron chi connectivity index (χ1n) is 9.11. The molecule has 8 nitrogen and oxygen atoms in total. The average molecular weight is 355 g/mol. The van der Waals surface area contributed by atoms with Gasteiger partial charge in [0.05, 0.1) is 11.0 Å². The number of fused-ring (bicyclic) bond motifs is 3. The van der Waals surface area contributed by atoms with Crippen molar-refractivity contribution < 1.29 is 9.59 Å². The smallest absolute Gasteiger partial charge is 0.348 e. The van der Waals surface area contributed by atoms with Crippen molar-refractivity contribution in [1.82, 2.24) is 14.6 Å². The molecule has 2 bridgehead atoms. The highest BCUT2D eigenvalue weighted by atomic mass is 16.2. The van der Waals surface area contributed by atoms with Crippen LogP contribution in [0.1, 0.15) is 25.7 Å². The number of amides is 2. The van der Waals surface area contributed by atoms with E-state index >= 15 is 0 Å². The van der Waals surface area contributed by atoms with Crippen molar-refractivity contribution in [3.63, 3.8) is 0 Å². The minimum absolute atomic E-state index is 0.288. The fourth-order valence-corrected chi connectivity index (χ4v) is 4.39. The topological polar surface area (TPSA) is 79.6 Å². The Hall–Kier alpha value is -2.61. The average Bonchev–Trinajstić information content (AvgIpc) is 2.86. The molecule has 0 saturated carbocycles. The second-order valence-electron chi connectivity index (χ2n) is 7.48. The Morgan fingerprint density at radius 3 is 2.31 bits per heavy atom. The number of nitrogens with one attached hydrogen (secondary N) is 1. The van der Waals surface area contributed by atoms with Gasteiger partial charge in [0.15, 0.2) is 0 Å². The highest BCUT2D eigenvalue weighted by Crippen LogP contribution is 2.28. The van der Waals surface area contributed by atoms with Gasteiger partial charge < -0.3 is 10.2 Å². The van der Waals surface area contributed by atoms with Gasteiger partial charge in [0.2, 0.25) is 11.8 Å². The molecule has 2 unspecified atom stereocenters. The zero-order chi connectivity index (χ0) is 18.0. The number of carbonyl (C=O) groups excluding carboxylic acids is 2. The van der Waals surface area contributed by atoms with Crippen molar-refractivity contribution in [3.8, 4) is 0 Å². The summed E-state index contributed by atoms with van der Waals surface area (Å²) in [7, 11) is 1.68. The van der Waals surface area contributed by atoms with Crippen LogP contribution in [0.5, 0.6) is 0 Å². The Labute approximate surface area is 149 Å². The van der Waals surface area contributed by atoms with Gasteiger partial charge in [-0.1, -0.05) is 0 Å². The molecule has 136 valence electrons. The van der Waals surface area contributed by atoms with Crippen LogP contribution in [0.15, 0.2) is 23.0 Å². The maximum absolute atomic E-state index is 12.8. The van der Waals surface area contributed by atoms with Crippen LogP contribution in [-0.4, -0.2) is 46.2 Å². The zero-order valence-electron chi connectivity index (χ0n) is 14.6. The molecule has 6 rings (SSSR count). The van der Waals surface area contributed by atoms with Gasteiger partial charge in [-0.05, 0) is 31.0 Å². The molecule has 5 heterocycles. The lowest BCUT2D eigenvalue weighted by atomic mass is 9.91. The highest BCUT2D eigenvalue weighted by Gasteiger charge is 2.37. The minimum Gasteiger partial charge on any atom is -0.368 e. The molecular weight excluding hydrogens is 334 g/mol. The second kappa shape index (κ2) is 5.44. The molecule has 4 fully saturated rings. The fraction of sp³-hybridized carbons (Fsp3) is 0.500. The van der Waals surface area contributed by atoms with E-state index in [9.17, 15) is 14.4 Å². The lowest BCUT2D eigenvalue weighted by molar-refractivity contribution is -0.131. The van der Waals surface area contributed by atoms with Gasteiger partial charge in [0.1, 0.15) is 0 Å². The predicted octanol–water partition coefficient (Wildman–Crippen LogP) is 0.0656. The van der Waals surface area contributed by atoms with Crippen molar-refractivity contribution in [3.05, 3.63) is 28.7 Å². The number of piperidine rings is 2. The van der Waals surface area contributed by atoms with Crippen LogP contribution in [0.3, 0.4) is 0 Å². The number of anilines is 1. The number of benzene rings is 1. The number of hydrogen-bond acceptors (Lipinski definition) is 5. The molecule has 4 saturated heterocycles. The Kier molecular flexibility index (Phi) is 3.27. The minimum atomic E-state index is -0.371. The van der Waals surface area contributed by atoms with Crippen molar-refractivity contribution in [2.75, 3.05) is 23.0 Å². The van der Waals surface area contributed by atoms with Crippen LogP contribution >= 0.6 is 0 Å². The highest BCUT2D eigenvalue weighted by molar-refractivity contribution is 6.11. The molecule has 8 heteroatoms. The van der Waals surface area contributed by atoms with Crippen molar-refractivity contribution in [2.24, 2.45) is 7.05 Å². The number of imidazole rings is 1. The molecule has 4 aliphatic heterocycles. The summed E-state index contributed by atoms with van der Waals surface area (Å²) in [5, 5.41) is 4.53. The number of imide groups is 1. The van der Waals surface area contributed by atoms with E-state index in [4.69, 9.17) is 0 Å². The van der Waals surface area contributed by atoms with E-state index in [0.717, 1.165) is 29.3 Å². The van der Waals surface area contributed by atoms with Crippen LogP contribution in [0.25, 0.3) is 11.0 Å². The first-order valence-corrected chi connectivity index (χ1v) is 9.11. The molecule has 0 spiro atoms. The summed E-state index contributed by atoms with van der Waals surface area (Å²) in [6.07, 6.45) is 2.35. The first kappa shape index (κ1) is 15.6. The predicted molar refractivity (Wildman–Crippen MR) is 96.8 cm³/mol. The van der Waals surface area contributed by atoms with E-state index in [1.54, 1.807) is 7.05 Å². The largest absolute Gasteiger partial charge is 0.368 e. The summed E-state index contributed by atoms with van der Waals surface area (Å²) in [5.41, 5.74) is 2.01. The third-order valence-corrected chi connectivity index (χ3v) is 5.76. The standard InChI is InChI=1S/C18H21N5O3/c1-20-15-8-13(21-9-11-7-12(10-21)19-11)5-6-14(15)22(18(20)26)23-16(24)3-2-4-17(23)25/h5-6,8,11-12,19H,2-4,7,9-10H2,1H3. The number of piperazine rings is 1. The van der Waals surface area contributed by atoms with Crippen molar-refractivity contribution >= 4 is 28.5 Å². The van der Waals surface area contributed by atoms with E-state index in [-0.39, 0.29) is 30.3 Å². The summed E-state index contributed by atoms with van der Waals surface area (Å²) >= 11 is 0. The molecule has 4 aliphatic rings. The number of aromatic nitrogens is 2. The number of rotatable bonds is 2. The fourth-order valence-electron chi connectivity index (χ4n) is 4.39. The molecule has 1 aromatic carbocycles. The van der Waals surface area contributed by atoms with Crippen molar-refractivity contribution in [2.45, 2.75) is 37.8 Å². The van der Waals surface area contributed by atoms with Crippen LogP contribution < -0.4 is 20.9 Å². The SMILES string of the molecule is Cn1c(=O)n(N2C(=O)CCCC2=O)c2ccc(N3CC4CC(C3)N4)cc21. The van der Waals surface area contributed by atoms with E-state index in [1.165, 1.54) is 15.7 Å². The number of hydrogen-bond donors (Lipinski definition) is 1. The summed E-state index contributed by atoms with van der Waals surface area (Å²) in [6.45, 7) is 1.92. The maximum atomic E-state index is 12.8. The maximum Gasteiger partial charge on any atom is 0.348 e. The van der Waals surface area contributed by atoms with Gasteiger partial charge in [-0.25, -0.2) is 4.79 Å². The first-order chi connectivity index (χ1) is 12.5. The van der Waals surface area contributed by atoms with Gasteiger partial charge in [0.25, 0.3) is 0 Å². The number of aryl methyl sites for hydroxylation is 1. The second-order valence-corrected chi connectivity index (χ2v) is 7.48. The lowest BCUT2D eigenvalue weighted by Crippen LogP contribution is -2.67. The molecule has 1 aromatic heterocycles. The van der Waals surface area contributed by atoms with E-state index in [0.29, 0.717) is 24.0 Å². The summed E-state index contributed by atoms with van der Waals surface area (Å²) in [4.78, 5) is 39.7. The Morgan fingerprint density at radius 2 is 1.65 bits per heavy atom. The van der Waals surface area contributed by atoms with E-state index < -0.39 is 0 Å². The van der Waals surface area contributed by atoms with Crippen LogP contribution in [0.4, 0.5) is 5.69 Å². The number of carbonyl (C=O) groups is 2. The Bertz CT molecular complexity index is 959. The van der Waals surface area contributed by atoms with Gasteiger partial charge in [-0.15, -0.1) is 0 Å². The summed E-state index contributed by atoms with van der Waals surface area (Å²) in [6, 6.07) is 6.89. The molecule has 2 amide bonds. The third kappa shape index (κ3) is 2.14. The van der Waals surface area contributed by atoms with E-state index in [1.807, 2.05) is 18.2 Å². The quantitative estimate of drug-likeness (QED) is 0.771.